The van der Waals surface area contributed by atoms with Crippen LogP contribution in [0.4, 0.5) is 15.8 Å². The van der Waals surface area contributed by atoms with Crippen molar-refractivity contribution in [1.29, 1.82) is 0 Å². The van der Waals surface area contributed by atoms with Gasteiger partial charge in [-0.25, -0.2) is 14.2 Å². The third kappa shape index (κ3) is 2.72. The molecule has 0 radical (unpaired) electrons. The Labute approximate surface area is 113 Å². The Balaban J connectivity index is 2.33. The zero-order valence-corrected chi connectivity index (χ0v) is 10.1. The summed E-state index contributed by atoms with van der Waals surface area (Å²) in [4.78, 5) is 26.8. The Kier molecular flexibility index (Phi) is 3.60. The van der Waals surface area contributed by atoms with Crippen molar-refractivity contribution >= 4 is 23.3 Å². The fraction of sp³-hybridized carbons (Fsp3) is 0. The summed E-state index contributed by atoms with van der Waals surface area (Å²) in [6.07, 6.45) is 1.38. The lowest BCUT2D eigenvalue weighted by molar-refractivity contribution is 0.0697. The van der Waals surface area contributed by atoms with Gasteiger partial charge in [-0.05, 0) is 30.3 Å². The molecular weight excluding hydrogens is 265 g/mol. The third-order valence-corrected chi connectivity index (χ3v) is 2.51. The van der Waals surface area contributed by atoms with Crippen LogP contribution in [0.25, 0.3) is 0 Å². The van der Waals surface area contributed by atoms with Crippen molar-refractivity contribution in [3.63, 3.8) is 0 Å². The first-order chi connectivity index (χ1) is 9.49. The Morgan fingerprint density at radius 3 is 2.70 bits per heavy atom. The van der Waals surface area contributed by atoms with E-state index >= 15 is 0 Å². The van der Waals surface area contributed by atoms with E-state index in [1.807, 2.05) is 0 Å². The lowest BCUT2D eigenvalue weighted by Crippen LogP contribution is -2.17. The molecule has 1 aromatic heterocycles. The largest absolute Gasteiger partial charge is 0.478 e. The maximum atomic E-state index is 13.0. The van der Waals surface area contributed by atoms with Crippen molar-refractivity contribution in [2.24, 2.45) is 0 Å². The number of nitrogen functional groups attached to an aromatic ring is 1. The number of aromatic nitrogens is 1. The summed E-state index contributed by atoms with van der Waals surface area (Å²) in [6.45, 7) is 0. The van der Waals surface area contributed by atoms with Crippen LogP contribution >= 0.6 is 0 Å². The van der Waals surface area contributed by atoms with Crippen LogP contribution in [0.3, 0.4) is 0 Å². The van der Waals surface area contributed by atoms with Gasteiger partial charge in [0, 0.05) is 6.20 Å². The summed E-state index contributed by atoms with van der Waals surface area (Å²) < 4.78 is 13.0. The van der Waals surface area contributed by atoms with E-state index in [0.717, 1.165) is 18.2 Å². The number of carboxylic acids is 1. The molecule has 1 aromatic carbocycles. The van der Waals surface area contributed by atoms with E-state index in [1.54, 1.807) is 6.07 Å². The van der Waals surface area contributed by atoms with Gasteiger partial charge in [0.1, 0.15) is 5.82 Å². The number of pyridine rings is 1. The lowest BCUT2D eigenvalue weighted by atomic mass is 10.1. The van der Waals surface area contributed by atoms with Gasteiger partial charge in [0.15, 0.2) is 5.69 Å². The average Bonchev–Trinajstić information content (AvgIpc) is 2.41. The Morgan fingerprint density at radius 1 is 1.30 bits per heavy atom. The van der Waals surface area contributed by atoms with E-state index in [2.05, 4.69) is 10.3 Å². The van der Waals surface area contributed by atoms with Crippen molar-refractivity contribution in [1.82, 2.24) is 4.98 Å². The number of nitrogens with two attached hydrogens (primary N) is 1. The van der Waals surface area contributed by atoms with Gasteiger partial charge in [-0.2, -0.15) is 0 Å². The van der Waals surface area contributed by atoms with Gasteiger partial charge in [0.05, 0.1) is 16.9 Å². The molecule has 6 nitrogen and oxygen atoms in total. The fourth-order valence-corrected chi connectivity index (χ4v) is 1.59. The van der Waals surface area contributed by atoms with Gasteiger partial charge >= 0.3 is 5.97 Å². The summed E-state index contributed by atoms with van der Waals surface area (Å²) in [7, 11) is 0. The molecule has 4 N–H and O–H groups in total. The molecule has 0 aliphatic carbocycles. The standard InChI is InChI=1S/C13H10FN3O3/c14-7-3-4-10(8(6-7)13(19)20)17-12(18)11-9(15)2-1-5-16-11/h1-6H,15H2,(H,17,18)(H,19,20). The van der Waals surface area contributed by atoms with Gasteiger partial charge in [-0.15, -0.1) is 0 Å². The molecular formula is C13H10FN3O3. The lowest BCUT2D eigenvalue weighted by Gasteiger charge is -2.09. The molecule has 0 saturated heterocycles. The maximum Gasteiger partial charge on any atom is 0.337 e. The van der Waals surface area contributed by atoms with Crippen LogP contribution < -0.4 is 11.1 Å². The van der Waals surface area contributed by atoms with Crippen LogP contribution in [0.1, 0.15) is 20.8 Å². The molecule has 1 amide bonds. The molecule has 0 bridgehead atoms. The van der Waals surface area contributed by atoms with E-state index in [4.69, 9.17) is 10.8 Å². The summed E-state index contributed by atoms with van der Waals surface area (Å²) in [5.41, 5.74) is 5.33. The fourth-order valence-electron chi connectivity index (χ4n) is 1.59. The smallest absolute Gasteiger partial charge is 0.337 e. The molecule has 1 heterocycles. The number of carboxylic acid groups (broad SMARTS) is 1. The predicted octanol–water partition coefficient (Wildman–Crippen LogP) is 1.75. The van der Waals surface area contributed by atoms with Crippen molar-refractivity contribution < 1.29 is 19.1 Å². The van der Waals surface area contributed by atoms with Crippen LogP contribution in [0.5, 0.6) is 0 Å². The average molecular weight is 275 g/mol. The monoisotopic (exact) mass is 275 g/mol. The summed E-state index contributed by atoms with van der Waals surface area (Å²) >= 11 is 0. The molecule has 0 unspecified atom stereocenters. The van der Waals surface area contributed by atoms with Crippen LogP contribution in [-0.2, 0) is 0 Å². The van der Waals surface area contributed by atoms with Crippen molar-refractivity contribution in [2.75, 3.05) is 11.1 Å². The van der Waals surface area contributed by atoms with Crippen molar-refractivity contribution in [3.8, 4) is 0 Å². The molecule has 0 aliphatic rings. The quantitative estimate of drug-likeness (QED) is 0.791. The predicted molar refractivity (Wildman–Crippen MR) is 70.0 cm³/mol. The first-order valence-corrected chi connectivity index (χ1v) is 5.53. The zero-order valence-electron chi connectivity index (χ0n) is 10.1. The topological polar surface area (TPSA) is 105 Å². The molecule has 2 rings (SSSR count). The normalized spacial score (nSPS) is 10.1. The summed E-state index contributed by atoms with van der Waals surface area (Å²) in [5, 5.41) is 11.3. The highest BCUT2D eigenvalue weighted by molar-refractivity contribution is 6.09. The zero-order chi connectivity index (χ0) is 14.7. The maximum absolute atomic E-state index is 13.0. The van der Waals surface area contributed by atoms with Crippen LogP contribution in [0.2, 0.25) is 0 Å². The van der Waals surface area contributed by atoms with Crippen LogP contribution in [0.15, 0.2) is 36.5 Å². The molecule has 2 aromatic rings. The number of hydrogen-bond acceptors (Lipinski definition) is 4. The highest BCUT2D eigenvalue weighted by Gasteiger charge is 2.16. The second kappa shape index (κ2) is 5.35. The molecule has 0 aliphatic heterocycles. The van der Waals surface area contributed by atoms with E-state index in [9.17, 15) is 14.0 Å². The van der Waals surface area contributed by atoms with E-state index in [0.29, 0.717) is 0 Å². The van der Waals surface area contributed by atoms with Gasteiger partial charge in [-0.3, -0.25) is 4.79 Å². The van der Waals surface area contributed by atoms with E-state index in [1.165, 1.54) is 12.3 Å². The number of hydrogen-bond donors (Lipinski definition) is 3. The number of benzene rings is 1. The number of amides is 1. The Morgan fingerprint density at radius 2 is 2.05 bits per heavy atom. The minimum Gasteiger partial charge on any atom is -0.478 e. The van der Waals surface area contributed by atoms with Crippen LogP contribution in [0, 0.1) is 5.82 Å². The Bertz CT molecular complexity index is 688. The molecule has 7 heteroatoms. The van der Waals surface area contributed by atoms with Gasteiger partial charge in [-0.1, -0.05) is 0 Å². The SMILES string of the molecule is Nc1cccnc1C(=O)Nc1ccc(F)cc1C(=O)O. The molecule has 0 spiro atoms. The van der Waals surface area contributed by atoms with Crippen LogP contribution in [-0.4, -0.2) is 22.0 Å². The minimum atomic E-state index is -1.35. The second-order valence-electron chi connectivity index (χ2n) is 3.89. The highest BCUT2D eigenvalue weighted by atomic mass is 19.1. The number of aromatic carboxylic acids is 1. The number of carbonyl (C=O) groups is 2. The number of nitrogens with one attached hydrogen (secondary N) is 1. The first kappa shape index (κ1) is 13.5. The molecule has 0 fully saturated rings. The molecule has 0 saturated carbocycles. The van der Waals surface area contributed by atoms with Gasteiger partial charge in [0.25, 0.3) is 5.91 Å². The van der Waals surface area contributed by atoms with E-state index in [-0.39, 0.29) is 22.6 Å². The number of anilines is 2. The molecule has 20 heavy (non-hydrogen) atoms. The highest BCUT2D eigenvalue weighted by Crippen LogP contribution is 2.19. The first-order valence-electron chi connectivity index (χ1n) is 5.53. The number of nitrogens with zero attached hydrogens (tertiary/aromatic N) is 1. The van der Waals surface area contributed by atoms with Gasteiger partial charge in [0.2, 0.25) is 0 Å². The summed E-state index contributed by atoms with van der Waals surface area (Å²) in [6, 6.07) is 6.08. The van der Waals surface area contributed by atoms with Gasteiger partial charge < -0.3 is 16.2 Å². The van der Waals surface area contributed by atoms with E-state index < -0.39 is 17.7 Å². The number of carbonyl (C=O) groups excluding carboxylic acids is 1. The molecule has 102 valence electrons. The minimum absolute atomic E-state index is 0.0334. The number of halogens is 1. The Hall–Kier alpha value is -2.96. The van der Waals surface area contributed by atoms with Crippen molar-refractivity contribution in [3.05, 3.63) is 53.6 Å². The second-order valence-corrected chi connectivity index (χ2v) is 3.89. The third-order valence-electron chi connectivity index (χ3n) is 2.51. The number of rotatable bonds is 3. The molecule has 0 atom stereocenters. The summed E-state index contributed by atoms with van der Waals surface area (Å²) in [5.74, 6) is -2.73. The van der Waals surface area contributed by atoms with Crippen molar-refractivity contribution in [2.45, 2.75) is 0 Å².